The normalized spacial score (nSPS) is 28.9. The Morgan fingerprint density at radius 1 is 1.00 bits per heavy atom. The zero-order valence-electron chi connectivity index (χ0n) is 29.9. The Labute approximate surface area is 298 Å². The van der Waals surface area contributed by atoms with Crippen molar-refractivity contribution >= 4 is 23.8 Å². The van der Waals surface area contributed by atoms with Crippen molar-refractivity contribution in [3.05, 3.63) is 65.9 Å². The van der Waals surface area contributed by atoms with Crippen LogP contribution in [0.2, 0.25) is 0 Å². The van der Waals surface area contributed by atoms with Gasteiger partial charge in [0.05, 0.1) is 12.6 Å². The molecule has 1 saturated heterocycles. The molecule has 0 radical (unpaired) electrons. The molecule has 0 saturated carbocycles. The third-order valence-corrected chi connectivity index (χ3v) is 9.39. The summed E-state index contributed by atoms with van der Waals surface area (Å²) in [5.74, 6) is -1.77. The molecule has 3 heterocycles. The highest BCUT2D eigenvalue weighted by Gasteiger charge is 2.45. The van der Waals surface area contributed by atoms with E-state index in [9.17, 15) is 34.8 Å². The van der Waals surface area contributed by atoms with Crippen molar-refractivity contribution in [1.82, 2.24) is 20.9 Å². The Bertz CT molecular complexity index is 1500. The second-order valence-corrected chi connectivity index (χ2v) is 13.7. The van der Waals surface area contributed by atoms with Crippen molar-refractivity contribution in [2.24, 2.45) is 11.8 Å². The van der Waals surface area contributed by atoms with Gasteiger partial charge in [-0.05, 0) is 56.1 Å². The molecule has 5 rings (SSSR count). The van der Waals surface area contributed by atoms with Gasteiger partial charge in [-0.3, -0.25) is 19.3 Å². The number of nitrogens with zero attached hydrogens (tertiary/aromatic N) is 1. The molecule has 0 aliphatic carbocycles. The minimum Gasteiger partial charge on any atom is -0.487 e. The number of hydrogen-bond donors (Lipinski definition) is 7. The van der Waals surface area contributed by atoms with Crippen LogP contribution < -0.4 is 25.4 Å². The van der Waals surface area contributed by atoms with Gasteiger partial charge in [0, 0.05) is 17.8 Å². The summed E-state index contributed by atoms with van der Waals surface area (Å²) in [6.07, 6.45) is -4.71. The van der Waals surface area contributed by atoms with Crippen molar-refractivity contribution in [2.45, 2.75) is 95.5 Å². The third-order valence-electron chi connectivity index (χ3n) is 9.39. The van der Waals surface area contributed by atoms with Crippen molar-refractivity contribution in [2.75, 3.05) is 20.7 Å². The minimum atomic E-state index is -1.68. The molecule has 1 unspecified atom stereocenters. The zero-order valence-corrected chi connectivity index (χ0v) is 29.9. The largest absolute Gasteiger partial charge is 0.487 e. The van der Waals surface area contributed by atoms with Crippen molar-refractivity contribution in [3.63, 3.8) is 0 Å². The standard InChI is InChI=1S/C37H52N4O10/c1-7-21(4)28-35(47)38-16-15-23-13-14-24(18-26(23)50-37-32(45)31(44)30(43)27(19-42)51-37)49-33(20(2)3)29(36(48)39-28)40-34(46)25(41(5)6)17-22-11-9-8-10-12-22/h8-16,18,20-21,25,27-33,37,42-45H,7,17,19H2,1-6H3,(H,38,47)(H,39,48)(H,40,46)/b16-15-/t21-,25?,27+,28-,29-,30+,31-,32+,33-,37+/m0/s1. The maximum absolute atomic E-state index is 14.2. The van der Waals surface area contributed by atoms with E-state index in [4.69, 9.17) is 14.2 Å². The number of aliphatic hydroxyl groups is 4. The van der Waals surface area contributed by atoms with Crippen molar-refractivity contribution < 1.29 is 49.0 Å². The summed E-state index contributed by atoms with van der Waals surface area (Å²) in [7, 11) is 3.57. The van der Waals surface area contributed by atoms with Gasteiger partial charge >= 0.3 is 0 Å². The lowest BCUT2D eigenvalue weighted by Crippen LogP contribution is -2.62. The van der Waals surface area contributed by atoms with Crippen molar-refractivity contribution in [1.29, 1.82) is 0 Å². The van der Waals surface area contributed by atoms with Crippen LogP contribution in [0.1, 0.15) is 45.2 Å². The van der Waals surface area contributed by atoms with Gasteiger partial charge in [-0.2, -0.15) is 0 Å². The number of carbonyl (C=O) groups is 3. The molecule has 7 N–H and O–H groups in total. The quantitative estimate of drug-likeness (QED) is 0.172. The fourth-order valence-electron chi connectivity index (χ4n) is 6.01. The van der Waals surface area contributed by atoms with Crippen molar-refractivity contribution in [3.8, 4) is 11.5 Å². The number of rotatable bonds is 11. The van der Waals surface area contributed by atoms with E-state index in [0.29, 0.717) is 18.4 Å². The molecule has 0 spiro atoms. The topological polar surface area (TPSA) is 199 Å². The first-order valence-corrected chi connectivity index (χ1v) is 17.3. The van der Waals surface area contributed by atoms with Gasteiger partial charge in [-0.15, -0.1) is 0 Å². The zero-order chi connectivity index (χ0) is 37.4. The first-order valence-electron chi connectivity index (χ1n) is 17.3. The van der Waals surface area contributed by atoms with E-state index < -0.39 is 79.3 Å². The first kappa shape index (κ1) is 39.7. The second kappa shape index (κ2) is 17.9. The third kappa shape index (κ3) is 9.84. The number of carbonyl (C=O) groups excluding carboxylic acids is 3. The molecular formula is C37H52N4O10. The minimum absolute atomic E-state index is 0.0981. The highest BCUT2D eigenvalue weighted by molar-refractivity contribution is 5.94. The SMILES string of the molecule is CC[C@H](C)[C@@H]1NC(=O)[C@@H](NC(=O)C(Cc2ccccc2)N(C)C)[C@H](C(C)C)Oc2ccc(c(O[C@@H]3O[C@H](CO)[C@@H](O)[C@H](O)[C@H]3O)c2)/C=C\NC1=O. The molecule has 0 aromatic heterocycles. The Morgan fingerprint density at radius 2 is 1.71 bits per heavy atom. The summed E-state index contributed by atoms with van der Waals surface area (Å²) in [5.41, 5.74) is 1.36. The van der Waals surface area contributed by atoms with Gasteiger partial charge in [-0.1, -0.05) is 64.4 Å². The molecule has 3 amide bonds. The average molecular weight is 713 g/mol. The molecule has 2 aromatic carbocycles. The molecule has 14 heteroatoms. The summed E-state index contributed by atoms with van der Waals surface area (Å²) in [6, 6.07) is 11.4. The molecule has 14 nitrogen and oxygen atoms in total. The Hall–Kier alpha value is -4.05. The van der Waals surface area contributed by atoms with Crippen LogP contribution in [-0.4, -0.2) is 119 Å². The second-order valence-electron chi connectivity index (χ2n) is 13.7. The number of aliphatic hydroxyl groups excluding tert-OH is 4. The number of fused-ring (bicyclic) bond motifs is 10. The molecule has 280 valence electrons. The molecular weight excluding hydrogens is 660 g/mol. The first-order chi connectivity index (χ1) is 24.2. The van der Waals surface area contributed by atoms with Crippen LogP contribution >= 0.6 is 0 Å². The van der Waals surface area contributed by atoms with Crippen LogP contribution in [0, 0.1) is 11.8 Å². The van der Waals surface area contributed by atoms with Gasteiger partial charge in [0.2, 0.25) is 24.0 Å². The number of nitrogens with one attached hydrogen (secondary N) is 3. The van der Waals surface area contributed by atoms with E-state index in [1.54, 1.807) is 37.2 Å². The van der Waals surface area contributed by atoms with E-state index in [0.717, 1.165) is 5.56 Å². The highest BCUT2D eigenvalue weighted by atomic mass is 16.7. The molecule has 10 atom stereocenters. The lowest BCUT2D eigenvalue weighted by atomic mass is 9.94. The molecule has 51 heavy (non-hydrogen) atoms. The van der Waals surface area contributed by atoms with E-state index >= 15 is 0 Å². The lowest BCUT2D eigenvalue weighted by molar-refractivity contribution is -0.277. The van der Waals surface area contributed by atoms with Gasteiger partial charge in [-0.25, -0.2) is 0 Å². The van der Waals surface area contributed by atoms with Crippen LogP contribution in [0.5, 0.6) is 11.5 Å². The van der Waals surface area contributed by atoms with E-state index in [-0.39, 0.29) is 23.3 Å². The molecule has 3 aliphatic heterocycles. The fourth-order valence-corrected chi connectivity index (χ4v) is 6.01. The summed E-state index contributed by atoms with van der Waals surface area (Å²) < 4.78 is 18.1. The maximum Gasteiger partial charge on any atom is 0.247 e. The number of benzene rings is 2. The summed E-state index contributed by atoms with van der Waals surface area (Å²) in [4.78, 5) is 43.6. The maximum atomic E-state index is 14.2. The smallest absolute Gasteiger partial charge is 0.247 e. The highest BCUT2D eigenvalue weighted by Crippen LogP contribution is 2.32. The lowest BCUT2D eigenvalue weighted by Gasteiger charge is -2.39. The number of likely N-dealkylation sites (N-methyl/N-ethyl adjacent to an activating group) is 1. The van der Waals surface area contributed by atoms with Gasteiger partial charge in [0.15, 0.2) is 0 Å². The predicted molar refractivity (Wildman–Crippen MR) is 188 cm³/mol. The summed E-state index contributed by atoms with van der Waals surface area (Å²) in [6.45, 7) is 6.78. The summed E-state index contributed by atoms with van der Waals surface area (Å²) in [5, 5.41) is 49.5. The van der Waals surface area contributed by atoms with Crippen LogP contribution in [0.3, 0.4) is 0 Å². The van der Waals surface area contributed by atoms with E-state index in [2.05, 4.69) is 16.0 Å². The molecule has 1 fully saturated rings. The molecule has 2 aromatic rings. The Balaban J connectivity index is 1.75. The van der Waals surface area contributed by atoms with Gasteiger partial charge < -0.3 is 50.6 Å². The Morgan fingerprint density at radius 3 is 2.33 bits per heavy atom. The van der Waals surface area contributed by atoms with Crippen LogP contribution in [0.4, 0.5) is 0 Å². The van der Waals surface area contributed by atoms with Gasteiger partial charge in [0.25, 0.3) is 0 Å². The van der Waals surface area contributed by atoms with Crippen LogP contribution in [-0.2, 0) is 25.5 Å². The number of hydrogen-bond acceptors (Lipinski definition) is 11. The average Bonchev–Trinajstić information content (AvgIpc) is 3.11. The van der Waals surface area contributed by atoms with Gasteiger partial charge in [0.1, 0.15) is 54.1 Å². The fraction of sp³-hybridized carbons (Fsp3) is 0.541. The number of amides is 3. The van der Waals surface area contributed by atoms with E-state index in [1.165, 1.54) is 12.3 Å². The Kier molecular flexibility index (Phi) is 14.0. The summed E-state index contributed by atoms with van der Waals surface area (Å²) >= 11 is 0. The molecule has 2 bridgehead atoms. The van der Waals surface area contributed by atoms with Crippen LogP contribution in [0.15, 0.2) is 54.7 Å². The molecule has 3 aliphatic rings. The predicted octanol–water partition coefficient (Wildman–Crippen LogP) is 0.558. The monoisotopic (exact) mass is 712 g/mol. The number of ether oxygens (including phenoxy) is 3. The van der Waals surface area contributed by atoms with E-state index in [1.807, 2.05) is 58.0 Å². The van der Waals surface area contributed by atoms with Crippen LogP contribution in [0.25, 0.3) is 6.08 Å².